The highest BCUT2D eigenvalue weighted by Gasteiger charge is 2.34. The summed E-state index contributed by atoms with van der Waals surface area (Å²) in [7, 11) is 0. The zero-order chi connectivity index (χ0) is 14.9. The average molecular weight is 347 g/mol. The number of amides is 2. The minimum Gasteiger partial charge on any atom is -0.345 e. The Balaban J connectivity index is 2.34. The fourth-order valence-electron chi connectivity index (χ4n) is 2.19. The monoisotopic (exact) mass is 346 g/mol. The normalized spacial score (nSPS) is 19.2. The second-order valence-corrected chi connectivity index (χ2v) is 5.34. The zero-order valence-electron chi connectivity index (χ0n) is 10.8. The first-order valence-electron chi connectivity index (χ1n) is 6.15. The van der Waals surface area contributed by atoms with Crippen molar-refractivity contribution < 1.29 is 18.4 Å². The number of hydrogen-bond donors (Lipinski definition) is 1. The van der Waals surface area contributed by atoms with Crippen molar-refractivity contribution in [1.29, 1.82) is 0 Å². The Hall–Kier alpha value is -1.50. The molecule has 1 unspecified atom stereocenters. The van der Waals surface area contributed by atoms with Gasteiger partial charge in [0, 0.05) is 5.56 Å². The van der Waals surface area contributed by atoms with Gasteiger partial charge in [-0.25, -0.2) is 8.78 Å². The molecule has 0 saturated carbocycles. The van der Waals surface area contributed by atoms with E-state index in [1.54, 1.807) is 6.92 Å². The molecule has 1 aromatic rings. The highest BCUT2D eigenvalue weighted by Crippen LogP contribution is 2.24. The third kappa shape index (κ3) is 2.67. The lowest BCUT2D eigenvalue weighted by Gasteiger charge is -2.34. The van der Waals surface area contributed by atoms with Crippen LogP contribution >= 0.6 is 15.9 Å². The smallest absolute Gasteiger partial charge is 0.243 e. The molecule has 0 radical (unpaired) electrons. The molecule has 0 aromatic heterocycles. The van der Waals surface area contributed by atoms with Gasteiger partial charge in [0.25, 0.3) is 0 Å². The minimum atomic E-state index is -0.751. The number of nitrogens with one attached hydrogen (secondary N) is 1. The Kier molecular flexibility index (Phi) is 4.37. The van der Waals surface area contributed by atoms with Crippen LogP contribution in [-0.2, 0) is 16.1 Å². The molecule has 1 fully saturated rings. The first-order valence-corrected chi connectivity index (χ1v) is 6.94. The summed E-state index contributed by atoms with van der Waals surface area (Å²) >= 11 is 2.98. The van der Waals surface area contributed by atoms with Crippen molar-refractivity contribution in [2.75, 3.05) is 6.54 Å². The molecule has 1 N–H and O–H groups in total. The van der Waals surface area contributed by atoms with Gasteiger partial charge < -0.3 is 10.2 Å². The molecule has 1 aliphatic rings. The molecular weight excluding hydrogens is 334 g/mol. The topological polar surface area (TPSA) is 49.4 Å². The molecule has 0 bridgehead atoms. The maximum atomic E-state index is 13.9. The molecule has 1 heterocycles. The van der Waals surface area contributed by atoms with E-state index >= 15 is 0 Å². The third-order valence-corrected chi connectivity index (χ3v) is 3.88. The molecule has 1 saturated heterocycles. The summed E-state index contributed by atoms with van der Waals surface area (Å²) in [5.74, 6) is -2.14. The first kappa shape index (κ1) is 14.9. The van der Waals surface area contributed by atoms with Crippen LogP contribution in [0.3, 0.4) is 0 Å². The number of carbonyl (C=O) groups excluding carboxylic acids is 2. The van der Waals surface area contributed by atoms with E-state index in [0.717, 1.165) is 6.07 Å². The van der Waals surface area contributed by atoms with Crippen molar-refractivity contribution in [2.45, 2.75) is 25.9 Å². The van der Waals surface area contributed by atoms with Crippen LogP contribution < -0.4 is 5.32 Å². The first-order chi connectivity index (χ1) is 9.45. The van der Waals surface area contributed by atoms with E-state index in [9.17, 15) is 18.4 Å². The molecule has 1 aromatic carbocycles. The van der Waals surface area contributed by atoms with E-state index in [0.29, 0.717) is 6.42 Å². The van der Waals surface area contributed by atoms with Gasteiger partial charge in [-0.15, -0.1) is 0 Å². The lowest BCUT2D eigenvalue weighted by atomic mass is 10.1. The van der Waals surface area contributed by atoms with Gasteiger partial charge in [0.2, 0.25) is 11.8 Å². The van der Waals surface area contributed by atoms with Gasteiger partial charge in [0.05, 0.1) is 17.6 Å². The quantitative estimate of drug-likeness (QED) is 0.850. The Bertz CT molecular complexity index is 566. The second-order valence-electron chi connectivity index (χ2n) is 4.49. The summed E-state index contributed by atoms with van der Waals surface area (Å²) in [4.78, 5) is 24.8. The van der Waals surface area contributed by atoms with Gasteiger partial charge >= 0.3 is 0 Å². The summed E-state index contributed by atoms with van der Waals surface area (Å²) in [6, 6.07) is 1.68. The molecule has 0 spiro atoms. The minimum absolute atomic E-state index is 0.121. The van der Waals surface area contributed by atoms with Crippen LogP contribution in [0.25, 0.3) is 0 Å². The molecule has 4 nitrogen and oxygen atoms in total. The molecule has 1 aliphatic heterocycles. The SMILES string of the molecule is CCC1C(=O)NCC(=O)N1Cc1c(F)ccc(Br)c1F. The van der Waals surface area contributed by atoms with Crippen molar-refractivity contribution in [1.82, 2.24) is 10.2 Å². The molecule has 20 heavy (non-hydrogen) atoms. The Morgan fingerprint density at radius 1 is 1.40 bits per heavy atom. The summed E-state index contributed by atoms with van der Waals surface area (Å²) in [5, 5.41) is 2.46. The van der Waals surface area contributed by atoms with E-state index < -0.39 is 17.7 Å². The van der Waals surface area contributed by atoms with Crippen LogP contribution in [0.15, 0.2) is 16.6 Å². The Morgan fingerprint density at radius 3 is 2.75 bits per heavy atom. The van der Waals surface area contributed by atoms with Crippen LogP contribution in [0.5, 0.6) is 0 Å². The maximum absolute atomic E-state index is 13.9. The van der Waals surface area contributed by atoms with Gasteiger partial charge in [0.15, 0.2) is 0 Å². The number of piperazine rings is 1. The predicted molar refractivity (Wildman–Crippen MR) is 71.7 cm³/mol. The fraction of sp³-hybridized carbons (Fsp3) is 0.385. The van der Waals surface area contributed by atoms with E-state index in [1.165, 1.54) is 11.0 Å². The van der Waals surface area contributed by atoms with Crippen LogP contribution in [0, 0.1) is 11.6 Å². The lowest BCUT2D eigenvalue weighted by molar-refractivity contribution is -0.146. The predicted octanol–water partition coefficient (Wildman–Crippen LogP) is 1.96. The van der Waals surface area contributed by atoms with E-state index in [1.807, 2.05) is 0 Å². The van der Waals surface area contributed by atoms with Crippen molar-refractivity contribution in [3.8, 4) is 0 Å². The molecule has 7 heteroatoms. The largest absolute Gasteiger partial charge is 0.345 e. The number of rotatable bonds is 3. The van der Waals surface area contributed by atoms with Crippen LogP contribution in [0.4, 0.5) is 8.78 Å². The van der Waals surface area contributed by atoms with E-state index in [2.05, 4.69) is 21.2 Å². The highest BCUT2D eigenvalue weighted by atomic mass is 79.9. The number of nitrogens with zero attached hydrogens (tertiary/aromatic N) is 1. The summed E-state index contributed by atoms with van der Waals surface area (Å²) < 4.78 is 27.8. The van der Waals surface area contributed by atoms with Gasteiger partial charge in [-0.2, -0.15) is 0 Å². The number of carbonyl (C=O) groups is 2. The average Bonchev–Trinajstić information content (AvgIpc) is 2.43. The van der Waals surface area contributed by atoms with Crippen molar-refractivity contribution in [3.05, 3.63) is 33.8 Å². The number of halogens is 3. The zero-order valence-corrected chi connectivity index (χ0v) is 12.3. The molecular formula is C13H13BrF2N2O2. The standard InChI is InChI=1S/C13H13BrF2N2O2/c1-2-10-13(20)17-5-11(19)18(10)6-7-9(15)4-3-8(14)12(7)16/h3-4,10H,2,5-6H2,1H3,(H,17,20). The van der Waals surface area contributed by atoms with Crippen molar-refractivity contribution >= 4 is 27.7 Å². The Morgan fingerprint density at radius 2 is 2.10 bits per heavy atom. The van der Waals surface area contributed by atoms with Gasteiger partial charge in [-0.3, -0.25) is 9.59 Å². The summed E-state index contributed by atoms with van der Waals surface area (Å²) in [6.45, 7) is 1.33. The highest BCUT2D eigenvalue weighted by molar-refractivity contribution is 9.10. The lowest BCUT2D eigenvalue weighted by Crippen LogP contribution is -2.57. The fourth-order valence-corrected chi connectivity index (χ4v) is 2.56. The molecule has 2 rings (SSSR count). The van der Waals surface area contributed by atoms with Gasteiger partial charge in [-0.1, -0.05) is 6.92 Å². The second kappa shape index (κ2) is 5.87. The third-order valence-electron chi connectivity index (χ3n) is 3.27. The van der Waals surface area contributed by atoms with Crippen LogP contribution in [0.2, 0.25) is 0 Å². The molecule has 108 valence electrons. The summed E-state index contributed by atoms with van der Waals surface area (Å²) in [5.41, 5.74) is -0.221. The number of benzene rings is 1. The van der Waals surface area contributed by atoms with E-state index in [4.69, 9.17) is 0 Å². The van der Waals surface area contributed by atoms with Crippen molar-refractivity contribution in [3.63, 3.8) is 0 Å². The van der Waals surface area contributed by atoms with Gasteiger partial charge in [-0.05, 0) is 34.5 Å². The van der Waals surface area contributed by atoms with Crippen LogP contribution in [0.1, 0.15) is 18.9 Å². The van der Waals surface area contributed by atoms with Gasteiger partial charge in [0.1, 0.15) is 17.7 Å². The molecule has 0 aliphatic carbocycles. The number of hydrogen-bond acceptors (Lipinski definition) is 2. The van der Waals surface area contributed by atoms with E-state index in [-0.39, 0.29) is 34.9 Å². The van der Waals surface area contributed by atoms with Crippen LogP contribution in [-0.4, -0.2) is 29.3 Å². The maximum Gasteiger partial charge on any atom is 0.243 e. The summed E-state index contributed by atoms with van der Waals surface area (Å²) in [6.07, 6.45) is 0.384. The molecule has 1 atom stereocenters. The van der Waals surface area contributed by atoms with Crippen molar-refractivity contribution in [2.24, 2.45) is 0 Å². The molecule has 2 amide bonds. The Labute approximate surface area is 123 Å².